The summed E-state index contributed by atoms with van der Waals surface area (Å²) < 4.78 is 7.97. The van der Waals surface area contributed by atoms with Crippen molar-refractivity contribution in [1.29, 1.82) is 0 Å². The molecular weight excluding hydrogens is 267 g/mol. The Hall–Kier alpha value is -0.480. The predicted molar refractivity (Wildman–Crippen MR) is 66.2 cm³/mol. The van der Waals surface area contributed by atoms with Gasteiger partial charge in [-0.1, -0.05) is 23.2 Å². The molecule has 4 nitrogen and oxygen atoms in total. The van der Waals surface area contributed by atoms with Crippen LogP contribution in [-0.2, 0) is 19.1 Å². The minimum atomic E-state index is -1.52. The molecule has 0 unspecified atom stereocenters. The van der Waals surface area contributed by atoms with E-state index in [9.17, 15) is 9.59 Å². The number of unbranched alkanes of at least 4 members (excludes halogenated alkanes) is 1. The Labute approximate surface area is 112 Å². The predicted octanol–water partition coefficient (Wildman–Crippen LogP) is 2.85. The van der Waals surface area contributed by atoms with E-state index in [1.807, 2.05) is 0 Å². The van der Waals surface area contributed by atoms with Gasteiger partial charge in [0.05, 0.1) is 13.2 Å². The summed E-state index contributed by atoms with van der Waals surface area (Å²) >= 11 is 11.6. The van der Waals surface area contributed by atoms with Crippen LogP contribution in [0.25, 0.3) is 0 Å². The van der Waals surface area contributed by atoms with Crippen LogP contribution in [0.5, 0.6) is 0 Å². The van der Waals surface area contributed by atoms with E-state index >= 15 is 0 Å². The lowest BCUT2D eigenvalue weighted by atomic mass is 10.1. The molecule has 0 aromatic heterocycles. The van der Waals surface area contributed by atoms with E-state index in [4.69, 9.17) is 32.7 Å². The van der Waals surface area contributed by atoms with Gasteiger partial charge in [-0.3, -0.25) is 4.79 Å². The van der Waals surface area contributed by atoms with E-state index in [1.165, 1.54) is 0 Å². The molecule has 0 aliphatic heterocycles. The van der Waals surface area contributed by atoms with E-state index in [-0.39, 0.29) is 19.0 Å². The van der Waals surface area contributed by atoms with Crippen molar-refractivity contribution in [3.05, 3.63) is 0 Å². The zero-order valence-electron chi connectivity index (χ0n) is 10.1. The summed E-state index contributed by atoms with van der Waals surface area (Å²) in [4.78, 5) is 22.3. The molecular formula is C11H18Cl2O4. The first-order chi connectivity index (χ1) is 7.94. The highest BCUT2D eigenvalue weighted by atomic mass is 35.5. The molecule has 100 valence electrons. The Kier molecular flexibility index (Phi) is 8.35. The van der Waals surface area contributed by atoms with Crippen LogP contribution in [-0.4, -0.2) is 29.5 Å². The second-order valence-electron chi connectivity index (χ2n) is 3.44. The Bertz CT molecular complexity index is 254. The maximum absolute atomic E-state index is 11.3. The summed E-state index contributed by atoms with van der Waals surface area (Å²) in [6.07, 6.45) is 1.71. The number of halogens is 2. The number of hydrogen-bond donors (Lipinski definition) is 0. The van der Waals surface area contributed by atoms with E-state index < -0.39 is 10.3 Å². The second kappa shape index (κ2) is 8.59. The molecule has 0 radical (unpaired) electrons. The molecule has 0 spiro atoms. The molecule has 0 saturated carbocycles. The fourth-order valence-electron chi connectivity index (χ4n) is 1.19. The normalized spacial score (nSPS) is 11.1. The first kappa shape index (κ1) is 16.5. The van der Waals surface area contributed by atoms with Gasteiger partial charge in [0.15, 0.2) is 0 Å². The van der Waals surface area contributed by atoms with Gasteiger partial charge < -0.3 is 9.47 Å². The van der Waals surface area contributed by atoms with Crippen molar-refractivity contribution < 1.29 is 19.1 Å². The third-order valence-corrected chi connectivity index (χ3v) is 2.69. The number of carbonyl (C=O) groups is 2. The van der Waals surface area contributed by atoms with Crippen LogP contribution < -0.4 is 0 Å². The number of carbonyl (C=O) groups excluding carboxylic acids is 2. The average molecular weight is 285 g/mol. The van der Waals surface area contributed by atoms with Crippen molar-refractivity contribution in [2.24, 2.45) is 0 Å². The first-order valence-corrected chi connectivity index (χ1v) is 6.40. The maximum atomic E-state index is 11.3. The number of alkyl halides is 2. The van der Waals surface area contributed by atoms with Crippen LogP contribution in [0.15, 0.2) is 0 Å². The summed E-state index contributed by atoms with van der Waals surface area (Å²) in [6, 6.07) is 0. The van der Waals surface area contributed by atoms with Gasteiger partial charge >= 0.3 is 11.9 Å². The van der Waals surface area contributed by atoms with Crippen molar-refractivity contribution in [3.8, 4) is 0 Å². The van der Waals surface area contributed by atoms with E-state index in [2.05, 4.69) is 0 Å². The largest absolute Gasteiger partial charge is 0.466 e. The zero-order valence-corrected chi connectivity index (χ0v) is 11.6. The molecule has 0 N–H and O–H groups in total. The Morgan fingerprint density at radius 1 is 1.06 bits per heavy atom. The van der Waals surface area contributed by atoms with Crippen LogP contribution in [0.3, 0.4) is 0 Å². The van der Waals surface area contributed by atoms with E-state index in [0.717, 1.165) is 0 Å². The molecule has 0 aromatic rings. The van der Waals surface area contributed by atoms with Gasteiger partial charge in [-0.05, 0) is 33.1 Å². The standard InChI is InChI=1S/C11H18Cl2O4/c1-3-16-9(14)7-5-6-8-11(12,13)10(15)17-4-2/h3-8H2,1-2H3. The molecule has 0 aliphatic carbocycles. The minimum absolute atomic E-state index is 0.239. The summed E-state index contributed by atoms with van der Waals surface area (Å²) in [5, 5.41) is 0. The second-order valence-corrected chi connectivity index (χ2v) is 4.92. The molecule has 6 heteroatoms. The molecule has 0 rings (SSSR count). The minimum Gasteiger partial charge on any atom is -0.466 e. The number of rotatable bonds is 8. The summed E-state index contributed by atoms with van der Waals surface area (Å²) in [5.41, 5.74) is 0. The van der Waals surface area contributed by atoms with Crippen LogP contribution in [0.4, 0.5) is 0 Å². The smallest absolute Gasteiger partial charge is 0.342 e. The fraction of sp³-hybridized carbons (Fsp3) is 0.818. The SMILES string of the molecule is CCOC(=O)CCCCC(Cl)(Cl)C(=O)OCC. The highest BCUT2D eigenvalue weighted by molar-refractivity contribution is 6.57. The quantitative estimate of drug-likeness (QED) is 0.391. The lowest BCUT2D eigenvalue weighted by Gasteiger charge is -2.16. The van der Waals surface area contributed by atoms with Gasteiger partial charge in [-0.2, -0.15) is 0 Å². The number of hydrogen-bond acceptors (Lipinski definition) is 4. The molecule has 0 saturated heterocycles. The molecule has 0 bridgehead atoms. The average Bonchev–Trinajstić information content (AvgIpc) is 2.25. The molecule has 0 atom stereocenters. The fourth-order valence-corrected chi connectivity index (χ4v) is 1.56. The summed E-state index contributed by atoms with van der Waals surface area (Å²) in [5.74, 6) is -0.891. The van der Waals surface area contributed by atoms with Gasteiger partial charge in [0.2, 0.25) is 4.33 Å². The van der Waals surface area contributed by atoms with E-state index in [0.29, 0.717) is 25.9 Å². The maximum Gasteiger partial charge on any atom is 0.342 e. The van der Waals surface area contributed by atoms with Gasteiger partial charge in [-0.15, -0.1) is 0 Å². The van der Waals surface area contributed by atoms with Gasteiger partial charge in [0, 0.05) is 6.42 Å². The monoisotopic (exact) mass is 284 g/mol. The molecule has 0 fully saturated rings. The van der Waals surface area contributed by atoms with Crippen molar-refractivity contribution in [1.82, 2.24) is 0 Å². The van der Waals surface area contributed by atoms with Crippen LogP contribution in [0.1, 0.15) is 39.5 Å². The topological polar surface area (TPSA) is 52.6 Å². The van der Waals surface area contributed by atoms with Gasteiger partial charge in [-0.25, -0.2) is 4.79 Å². The Balaban J connectivity index is 3.79. The molecule has 17 heavy (non-hydrogen) atoms. The van der Waals surface area contributed by atoms with Crippen molar-refractivity contribution in [2.45, 2.75) is 43.9 Å². The highest BCUT2D eigenvalue weighted by Gasteiger charge is 2.34. The third kappa shape index (κ3) is 7.45. The molecule has 0 aromatic carbocycles. The zero-order chi connectivity index (χ0) is 13.3. The Morgan fingerprint density at radius 2 is 1.65 bits per heavy atom. The lowest BCUT2D eigenvalue weighted by molar-refractivity contribution is -0.144. The molecule has 0 aliphatic rings. The van der Waals surface area contributed by atoms with E-state index in [1.54, 1.807) is 13.8 Å². The lowest BCUT2D eigenvalue weighted by Crippen LogP contribution is -2.28. The highest BCUT2D eigenvalue weighted by Crippen LogP contribution is 2.29. The van der Waals surface area contributed by atoms with Crippen LogP contribution in [0.2, 0.25) is 0 Å². The van der Waals surface area contributed by atoms with Crippen molar-refractivity contribution in [2.75, 3.05) is 13.2 Å². The van der Waals surface area contributed by atoms with Crippen LogP contribution >= 0.6 is 23.2 Å². The first-order valence-electron chi connectivity index (χ1n) is 5.64. The Morgan fingerprint density at radius 3 is 2.18 bits per heavy atom. The summed E-state index contributed by atoms with van der Waals surface area (Å²) in [7, 11) is 0. The van der Waals surface area contributed by atoms with Crippen LogP contribution in [0, 0.1) is 0 Å². The molecule has 0 amide bonds. The molecule has 0 heterocycles. The number of esters is 2. The van der Waals surface area contributed by atoms with Gasteiger partial charge in [0.1, 0.15) is 0 Å². The summed E-state index contributed by atoms with van der Waals surface area (Å²) in [6.45, 7) is 4.04. The number of ether oxygens (including phenoxy) is 2. The third-order valence-electron chi connectivity index (χ3n) is 2.00. The van der Waals surface area contributed by atoms with Gasteiger partial charge in [0.25, 0.3) is 0 Å². The van der Waals surface area contributed by atoms with Crippen molar-refractivity contribution >= 4 is 35.1 Å². The van der Waals surface area contributed by atoms with Crippen molar-refractivity contribution in [3.63, 3.8) is 0 Å².